The van der Waals surface area contributed by atoms with Gasteiger partial charge >= 0.3 is 5.97 Å². The molecule has 0 spiro atoms. The second-order valence-electron chi connectivity index (χ2n) is 4.47. The van der Waals surface area contributed by atoms with Gasteiger partial charge in [-0.05, 0) is 36.4 Å². The van der Waals surface area contributed by atoms with Gasteiger partial charge in [0.15, 0.2) is 11.5 Å². The third-order valence-electron chi connectivity index (χ3n) is 3.09. The fourth-order valence-corrected chi connectivity index (χ4v) is 2.01. The summed E-state index contributed by atoms with van der Waals surface area (Å²) in [6, 6.07) is 8.99. The van der Waals surface area contributed by atoms with Gasteiger partial charge in [0.25, 0.3) is 0 Å². The lowest BCUT2D eigenvalue weighted by Crippen LogP contribution is -2.06. The predicted molar refractivity (Wildman–Crippen MR) is 75.1 cm³/mol. The van der Waals surface area contributed by atoms with Crippen LogP contribution in [0.1, 0.15) is 16.2 Å². The Hall–Kier alpha value is -2.96. The maximum atomic E-state index is 12.8. The van der Waals surface area contributed by atoms with Gasteiger partial charge in [-0.15, -0.1) is 10.2 Å². The van der Waals surface area contributed by atoms with Crippen LogP contribution in [-0.4, -0.2) is 27.7 Å². The standard InChI is InChI=1S/C15H12FN3O3/c1-21-15(20)12-3-2-8-19-13(17-18-14(12)19)9-22-11-6-4-10(16)5-7-11/h2-8H,9H2,1H3. The Morgan fingerprint density at radius 1 is 1.23 bits per heavy atom. The van der Waals surface area contributed by atoms with E-state index in [4.69, 9.17) is 9.47 Å². The molecule has 2 heterocycles. The van der Waals surface area contributed by atoms with Crippen molar-refractivity contribution in [3.8, 4) is 5.75 Å². The first-order chi connectivity index (χ1) is 10.7. The molecule has 0 N–H and O–H groups in total. The summed E-state index contributed by atoms with van der Waals surface area (Å²) in [6.07, 6.45) is 1.73. The minimum absolute atomic E-state index is 0.136. The summed E-state index contributed by atoms with van der Waals surface area (Å²) in [5.74, 6) is 0.222. The molecule has 0 unspecified atom stereocenters. The largest absolute Gasteiger partial charge is 0.486 e. The first-order valence-corrected chi connectivity index (χ1v) is 6.48. The van der Waals surface area contributed by atoms with Crippen LogP contribution in [0.15, 0.2) is 42.6 Å². The third kappa shape index (κ3) is 2.60. The van der Waals surface area contributed by atoms with E-state index in [1.807, 2.05) is 0 Å². The Kier molecular flexibility index (Phi) is 3.69. The second kappa shape index (κ2) is 5.80. The summed E-state index contributed by atoms with van der Waals surface area (Å²) in [5.41, 5.74) is 0.720. The van der Waals surface area contributed by atoms with Gasteiger partial charge in [-0.1, -0.05) is 0 Å². The normalized spacial score (nSPS) is 10.6. The van der Waals surface area contributed by atoms with Crippen LogP contribution >= 0.6 is 0 Å². The lowest BCUT2D eigenvalue weighted by atomic mass is 10.3. The van der Waals surface area contributed by atoms with E-state index in [9.17, 15) is 9.18 Å². The van der Waals surface area contributed by atoms with Crippen molar-refractivity contribution in [1.82, 2.24) is 14.6 Å². The fourth-order valence-electron chi connectivity index (χ4n) is 2.01. The Morgan fingerprint density at radius 2 is 2.00 bits per heavy atom. The molecular weight excluding hydrogens is 289 g/mol. The van der Waals surface area contributed by atoms with E-state index in [0.717, 1.165) is 0 Å². The molecule has 0 aliphatic rings. The summed E-state index contributed by atoms with van der Waals surface area (Å²) < 4.78 is 24.7. The van der Waals surface area contributed by atoms with Crippen LogP contribution in [0.4, 0.5) is 4.39 Å². The first kappa shape index (κ1) is 14.0. The maximum Gasteiger partial charge on any atom is 0.341 e. The van der Waals surface area contributed by atoms with E-state index in [-0.39, 0.29) is 12.4 Å². The van der Waals surface area contributed by atoms with Crippen molar-refractivity contribution in [2.75, 3.05) is 7.11 Å². The number of methoxy groups -OCH3 is 1. The molecule has 0 atom stereocenters. The first-order valence-electron chi connectivity index (χ1n) is 6.48. The molecule has 0 saturated carbocycles. The number of aromatic nitrogens is 3. The molecule has 3 aromatic rings. The number of carbonyl (C=O) groups excluding carboxylic acids is 1. The van der Waals surface area contributed by atoms with Crippen LogP contribution in [0.3, 0.4) is 0 Å². The highest BCUT2D eigenvalue weighted by Crippen LogP contribution is 2.15. The van der Waals surface area contributed by atoms with Gasteiger partial charge in [0.2, 0.25) is 0 Å². The zero-order chi connectivity index (χ0) is 15.5. The number of hydrogen-bond acceptors (Lipinski definition) is 5. The zero-order valence-corrected chi connectivity index (χ0v) is 11.7. The maximum absolute atomic E-state index is 12.8. The monoisotopic (exact) mass is 301 g/mol. The SMILES string of the molecule is COC(=O)c1cccn2c(COc3ccc(F)cc3)nnc12. The highest BCUT2D eigenvalue weighted by Gasteiger charge is 2.15. The number of rotatable bonds is 4. The van der Waals surface area contributed by atoms with Gasteiger partial charge in [-0.2, -0.15) is 0 Å². The van der Waals surface area contributed by atoms with Crippen LogP contribution in [0, 0.1) is 5.82 Å². The zero-order valence-electron chi connectivity index (χ0n) is 11.7. The molecule has 2 aromatic heterocycles. The number of fused-ring (bicyclic) bond motifs is 1. The summed E-state index contributed by atoms with van der Waals surface area (Å²) in [5, 5.41) is 8.00. The second-order valence-corrected chi connectivity index (χ2v) is 4.47. The van der Waals surface area contributed by atoms with E-state index in [1.165, 1.54) is 31.4 Å². The molecule has 0 aliphatic carbocycles. The molecular formula is C15H12FN3O3. The predicted octanol–water partition coefficient (Wildman–Crippen LogP) is 2.23. The molecule has 6 nitrogen and oxygen atoms in total. The molecule has 0 radical (unpaired) electrons. The van der Waals surface area contributed by atoms with Gasteiger partial charge in [-0.25, -0.2) is 9.18 Å². The Balaban J connectivity index is 1.86. The van der Waals surface area contributed by atoms with E-state index < -0.39 is 5.97 Å². The number of nitrogens with zero attached hydrogens (tertiary/aromatic N) is 3. The number of hydrogen-bond donors (Lipinski definition) is 0. The molecule has 0 amide bonds. The number of carbonyl (C=O) groups is 1. The Morgan fingerprint density at radius 3 is 2.73 bits per heavy atom. The van der Waals surface area contributed by atoms with E-state index in [1.54, 1.807) is 22.7 Å². The summed E-state index contributed by atoms with van der Waals surface area (Å²) in [7, 11) is 1.31. The lowest BCUT2D eigenvalue weighted by Gasteiger charge is -2.05. The molecule has 3 rings (SSSR count). The molecule has 0 fully saturated rings. The third-order valence-corrected chi connectivity index (χ3v) is 3.09. The van der Waals surface area contributed by atoms with E-state index >= 15 is 0 Å². The minimum Gasteiger partial charge on any atom is -0.486 e. The minimum atomic E-state index is -0.482. The van der Waals surface area contributed by atoms with Gasteiger partial charge in [0.05, 0.1) is 7.11 Å². The van der Waals surface area contributed by atoms with E-state index in [2.05, 4.69) is 10.2 Å². The highest BCUT2D eigenvalue weighted by atomic mass is 19.1. The topological polar surface area (TPSA) is 65.7 Å². The van der Waals surface area contributed by atoms with Crippen LogP contribution in [0.25, 0.3) is 5.65 Å². The van der Waals surface area contributed by atoms with Crippen molar-refractivity contribution in [1.29, 1.82) is 0 Å². The van der Waals surface area contributed by atoms with Gasteiger partial charge in [0, 0.05) is 6.20 Å². The summed E-state index contributed by atoms with van der Waals surface area (Å²) in [4.78, 5) is 11.7. The number of esters is 1. The number of pyridine rings is 1. The van der Waals surface area contributed by atoms with E-state index in [0.29, 0.717) is 22.8 Å². The average Bonchev–Trinajstić information content (AvgIpc) is 2.97. The number of halogens is 1. The summed E-state index contributed by atoms with van der Waals surface area (Å²) in [6.45, 7) is 0.136. The Bertz CT molecular complexity index is 815. The smallest absolute Gasteiger partial charge is 0.341 e. The molecule has 0 saturated heterocycles. The fraction of sp³-hybridized carbons (Fsp3) is 0.133. The van der Waals surface area contributed by atoms with Crippen molar-refractivity contribution in [3.63, 3.8) is 0 Å². The van der Waals surface area contributed by atoms with Crippen LogP contribution in [0.2, 0.25) is 0 Å². The van der Waals surface area contributed by atoms with Crippen molar-refractivity contribution in [2.24, 2.45) is 0 Å². The molecule has 112 valence electrons. The van der Waals surface area contributed by atoms with Gasteiger partial charge in [0.1, 0.15) is 23.7 Å². The molecule has 1 aromatic carbocycles. The molecule has 22 heavy (non-hydrogen) atoms. The Labute approximate surface area is 125 Å². The van der Waals surface area contributed by atoms with Gasteiger partial charge < -0.3 is 9.47 Å². The quantitative estimate of drug-likeness (QED) is 0.691. The molecule has 0 aliphatic heterocycles. The molecule has 7 heteroatoms. The van der Waals surface area contributed by atoms with Crippen molar-refractivity contribution in [3.05, 3.63) is 59.8 Å². The number of benzene rings is 1. The van der Waals surface area contributed by atoms with Crippen LogP contribution in [-0.2, 0) is 11.3 Å². The van der Waals surface area contributed by atoms with Crippen molar-refractivity contribution in [2.45, 2.75) is 6.61 Å². The average molecular weight is 301 g/mol. The van der Waals surface area contributed by atoms with Crippen LogP contribution < -0.4 is 4.74 Å². The van der Waals surface area contributed by atoms with Crippen LogP contribution in [0.5, 0.6) is 5.75 Å². The van der Waals surface area contributed by atoms with Crippen molar-refractivity contribution < 1.29 is 18.7 Å². The number of ether oxygens (including phenoxy) is 2. The lowest BCUT2D eigenvalue weighted by molar-refractivity contribution is 0.0602. The van der Waals surface area contributed by atoms with Crippen molar-refractivity contribution >= 4 is 11.6 Å². The molecule has 0 bridgehead atoms. The summed E-state index contributed by atoms with van der Waals surface area (Å²) >= 11 is 0. The van der Waals surface area contributed by atoms with Gasteiger partial charge in [-0.3, -0.25) is 4.40 Å². The highest BCUT2D eigenvalue weighted by molar-refractivity contribution is 5.95.